The molecule has 3 aliphatic rings. The van der Waals surface area contributed by atoms with Crippen molar-refractivity contribution in [1.29, 1.82) is 0 Å². The van der Waals surface area contributed by atoms with Crippen LogP contribution in [-0.4, -0.2) is 108 Å². The molecule has 0 bridgehead atoms. The van der Waals surface area contributed by atoms with Crippen molar-refractivity contribution in [2.75, 3.05) is 64.4 Å². The van der Waals surface area contributed by atoms with Gasteiger partial charge in [0.2, 0.25) is 11.8 Å². The summed E-state index contributed by atoms with van der Waals surface area (Å²) in [5, 5.41) is 20.9. The fourth-order valence-corrected chi connectivity index (χ4v) is 5.66. The van der Waals surface area contributed by atoms with Crippen LogP contribution in [0.25, 0.3) is 0 Å². The van der Waals surface area contributed by atoms with Gasteiger partial charge < -0.3 is 29.8 Å². The van der Waals surface area contributed by atoms with Crippen LogP contribution < -0.4 is 4.90 Å². The van der Waals surface area contributed by atoms with E-state index in [9.17, 15) is 19.8 Å². The van der Waals surface area contributed by atoms with Crippen molar-refractivity contribution in [2.24, 2.45) is 5.41 Å². The molecule has 0 radical (unpaired) electrons. The van der Waals surface area contributed by atoms with Gasteiger partial charge in [-0.1, -0.05) is 23.2 Å². The first-order valence-electron chi connectivity index (χ1n) is 12.5. The quantitative estimate of drug-likeness (QED) is 0.539. The van der Waals surface area contributed by atoms with Gasteiger partial charge in [-0.3, -0.25) is 9.59 Å². The van der Waals surface area contributed by atoms with Crippen molar-refractivity contribution in [2.45, 2.75) is 44.2 Å². The lowest BCUT2D eigenvalue weighted by Gasteiger charge is -2.38. The normalized spacial score (nSPS) is 23.3. The Morgan fingerprint density at radius 1 is 1.17 bits per heavy atom. The number of rotatable bonds is 8. The predicted molar refractivity (Wildman–Crippen MR) is 137 cm³/mol. The average molecular weight is 527 g/mol. The molecule has 1 aliphatic carbocycles. The molecule has 1 aromatic carbocycles. The van der Waals surface area contributed by atoms with Gasteiger partial charge in [0.05, 0.1) is 22.8 Å². The van der Waals surface area contributed by atoms with E-state index in [2.05, 4.69) is 9.80 Å². The van der Waals surface area contributed by atoms with Gasteiger partial charge in [0.25, 0.3) is 0 Å². The van der Waals surface area contributed by atoms with E-state index in [1.165, 1.54) is 4.90 Å². The maximum Gasteiger partial charge on any atom is 0.245 e. The number of benzene rings is 1. The summed E-state index contributed by atoms with van der Waals surface area (Å²) in [6.45, 7) is 3.76. The van der Waals surface area contributed by atoms with Crippen molar-refractivity contribution in [1.82, 2.24) is 14.7 Å². The van der Waals surface area contributed by atoms with E-state index in [1.54, 1.807) is 24.1 Å². The molecule has 0 aromatic heterocycles. The first-order valence-corrected chi connectivity index (χ1v) is 13.3. The molecule has 35 heavy (non-hydrogen) atoms. The second-order valence-electron chi connectivity index (χ2n) is 10.1. The number of β-amino-alcohol motifs (C(OH)–C–C–N with tert-alkyl or cyclic N) is 1. The van der Waals surface area contributed by atoms with E-state index in [-0.39, 0.29) is 36.5 Å². The van der Waals surface area contributed by atoms with Gasteiger partial charge in [0.1, 0.15) is 6.04 Å². The largest absolute Gasteiger partial charge is 0.395 e. The molecule has 1 saturated carbocycles. The highest BCUT2D eigenvalue weighted by atomic mass is 35.5. The lowest BCUT2D eigenvalue weighted by atomic mass is 9.90. The van der Waals surface area contributed by atoms with Gasteiger partial charge >= 0.3 is 0 Å². The Morgan fingerprint density at radius 2 is 1.94 bits per heavy atom. The van der Waals surface area contributed by atoms with Gasteiger partial charge in [-0.15, -0.1) is 0 Å². The van der Waals surface area contributed by atoms with E-state index in [1.807, 2.05) is 6.07 Å². The number of carbonyl (C=O) groups excluding carboxylic acids is 2. The van der Waals surface area contributed by atoms with Crippen LogP contribution in [0.15, 0.2) is 18.2 Å². The monoisotopic (exact) mass is 526 g/mol. The first-order chi connectivity index (χ1) is 16.7. The fourth-order valence-electron chi connectivity index (χ4n) is 5.36. The number of likely N-dealkylation sites (tertiary alicyclic amines) is 1. The summed E-state index contributed by atoms with van der Waals surface area (Å²) in [5.41, 5.74) is 1.02. The van der Waals surface area contributed by atoms with Crippen molar-refractivity contribution in [3.8, 4) is 0 Å². The lowest BCUT2D eigenvalue weighted by molar-refractivity contribution is -0.145. The second kappa shape index (κ2) is 11.2. The fraction of sp³-hybridized carbons (Fsp3) is 0.680. The second-order valence-corrected chi connectivity index (χ2v) is 11.0. The van der Waals surface area contributed by atoms with E-state index in [4.69, 9.17) is 23.2 Å². The highest BCUT2D eigenvalue weighted by molar-refractivity contribution is 6.42. The van der Waals surface area contributed by atoms with E-state index in [0.717, 1.165) is 31.5 Å². The zero-order valence-corrected chi connectivity index (χ0v) is 21.8. The van der Waals surface area contributed by atoms with Gasteiger partial charge in [0, 0.05) is 58.4 Å². The molecule has 4 rings (SSSR count). The van der Waals surface area contributed by atoms with Crippen LogP contribution in [0.4, 0.5) is 5.69 Å². The number of halogens is 2. The van der Waals surface area contributed by atoms with Gasteiger partial charge in [-0.2, -0.15) is 0 Å². The van der Waals surface area contributed by atoms with Crippen LogP contribution in [0.2, 0.25) is 10.0 Å². The standard InChI is InChI=1S/C25H36Cl2N4O4/c1-28(14-15-32)24(35)21(4-9-29-11-8-25(6-7-25)22(33)17-29)31-13-12-30(10-5-23(31)34)18-2-3-19(26)20(27)16-18/h2-3,16,21-22,32-33H,4-15,17H2,1H3. The average Bonchev–Trinajstić information content (AvgIpc) is 3.64. The Morgan fingerprint density at radius 3 is 2.60 bits per heavy atom. The summed E-state index contributed by atoms with van der Waals surface area (Å²) in [4.78, 5) is 34.1. The van der Waals surface area contributed by atoms with Crippen LogP contribution >= 0.6 is 23.2 Å². The van der Waals surface area contributed by atoms with Gasteiger partial charge in [-0.05, 0) is 55.8 Å². The summed E-state index contributed by atoms with van der Waals surface area (Å²) < 4.78 is 0. The van der Waals surface area contributed by atoms with Gasteiger partial charge in [0.15, 0.2) is 0 Å². The first kappa shape index (κ1) is 26.5. The topological polar surface area (TPSA) is 87.6 Å². The minimum atomic E-state index is -0.609. The molecule has 2 unspecified atom stereocenters. The minimum absolute atomic E-state index is 0.0566. The number of hydrogen-bond acceptors (Lipinski definition) is 6. The van der Waals surface area contributed by atoms with Crippen LogP contribution in [0, 0.1) is 5.41 Å². The van der Waals surface area contributed by atoms with Crippen molar-refractivity contribution >= 4 is 40.7 Å². The predicted octanol–water partition coefficient (Wildman–Crippen LogP) is 2.09. The number of nitrogens with zero attached hydrogens (tertiary/aromatic N) is 4. The molecule has 2 heterocycles. The van der Waals surface area contributed by atoms with Crippen molar-refractivity contribution < 1.29 is 19.8 Å². The smallest absolute Gasteiger partial charge is 0.245 e. The third-order valence-electron chi connectivity index (χ3n) is 7.94. The van der Waals surface area contributed by atoms with Crippen LogP contribution in [0.3, 0.4) is 0 Å². The summed E-state index contributed by atoms with van der Waals surface area (Å²) in [5.74, 6) is -0.217. The molecule has 2 aliphatic heterocycles. The highest BCUT2D eigenvalue weighted by Gasteiger charge is 2.51. The summed E-state index contributed by atoms with van der Waals surface area (Å²) in [6, 6.07) is 4.83. The van der Waals surface area contributed by atoms with E-state index < -0.39 is 6.04 Å². The number of aliphatic hydroxyl groups is 2. The Bertz CT molecular complexity index is 929. The number of likely N-dealkylation sites (N-methyl/N-ethyl adjacent to an activating group) is 1. The Kier molecular flexibility index (Phi) is 8.49. The molecule has 1 spiro atoms. The molecule has 3 fully saturated rings. The summed E-state index contributed by atoms with van der Waals surface area (Å²) in [7, 11) is 1.66. The molecule has 194 valence electrons. The number of piperidine rings is 1. The zero-order chi connectivity index (χ0) is 25.2. The Hall–Kier alpha value is -1.58. The van der Waals surface area contributed by atoms with Crippen LogP contribution in [0.5, 0.6) is 0 Å². The number of amides is 2. The number of anilines is 1. The minimum Gasteiger partial charge on any atom is -0.395 e. The van der Waals surface area contributed by atoms with Crippen LogP contribution in [0.1, 0.15) is 32.1 Å². The maximum absolute atomic E-state index is 13.4. The third kappa shape index (κ3) is 6.05. The highest BCUT2D eigenvalue weighted by Crippen LogP contribution is 2.53. The molecule has 2 N–H and O–H groups in total. The summed E-state index contributed by atoms with van der Waals surface area (Å²) >= 11 is 12.3. The van der Waals surface area contributed by atoms with Gasteiger partial charge in [-0.25, -0.2) is 0 Å². The molecular formula is C25H36Cl2N4O4. The lowest BCUT2D eigenvalue weighted by Crippen LogP contribution is -2.53. The summed E-state index contributed by atoms with van der Waals surface area (Å²) in [6.07, 6.45) is 3.66. The molecule has 1 aromatic rings. The van der Waals surface area contributed by atoms with Crippen LogP contribution in [-0.2, 0) is 9.59 Å². The molecule has 8 nitrogen and oxygen atoms in total. The number of carbonyl (C=O) groups is 2. The third-order valence-corrected chi connectivity index (χ3v) is 8.68. The van der Waals surface area contributed by atoms with E-state index >= 15 is 0 Å². The Balaban J connectivity index is 1.45. The SMILES string of the molecule is CN(CCO)C(=O)C(CCN1CCC2(CC2)C(O)C1)N1CCN(c2ccc(Cl)c(Cl)c2)CCC1=O. The Labute approximate surface area is 217 Å². The van der Waals surface area contributed by atoms with Crippen molar-refractivity contribution in [3.63, 3.8) is 0 Å². The molecule has 10 heteroatoms. The van der Waals surface area contributed by atoms with E-state index in [0.29, 0.717) is 55.6 Å². The maximum atomic E-state index is 13.4. The molecule has 2 saturated heterocycles. The number of hydrogen-bond donors (Lipinski definition) is 2. The zero-order valence-electron chi connectivity index (χ0n) is 20.3. The molecular weight excluding hydrogens is 491 g/mol. The van der Waals surface area contributed by atoms with Crippen molar-refractivity contribution in [3.05, 3.63) is 28.2 Å². The molecule has 2 amide bonds. The molecule has 2 atom stereocenters. The number of aliphatic hydroxyl groups excluding tert-OH is 2.